The van der Waals surface area contributed by atoms with Crippen molar-refractivity contribution in [1.82, 2.24) is 10.6 Å². The summed E-state index contributed by atoms with van der Waals surface area (Å²) in [5.41, 5.74) is 5.35. The summed E-state index contributed by atoms with van der Waals surface area (Å²) in [7, 11) is 1.58. The van der Waals surface area contributed by atoms with Gasteiger partial charge in [0.1, 0.15) is 0 Å². The molecule has 0 bridgehead atoms. The van der Waals surface area contributed by atoms with Gasteiger partial charge in [0.15, 0.2) is 0 Å². The molecule has 18 heavy (non-hydrogen) atoms. The van der Waals surface area contributed by atoms with Gasteiger partial charge in [-0.3, -0.25) is 9.59 Å². The number of unbranched alkanes of at least 4 members (excludes halogenated alkanes) is 2. The van der Waals surface area contributed by atoms with Crippen molar-refractivity contribution in [1.29, 1.82) is 0 Å². The van der Waals surface area contributed by atoms with Crippen LogP contribution in [0.25, 0.3) is 0 Å². The van der Waals surface area contributed by atoms with Crippen LogP contribution in [-0.4, -0.2) is 45.2 Å². The highest BCUT2D eigenvalue weighted by atomic mass is 16.5. The molecule has 0 unspecified atom stereocenters. The Morgan fingerprint density at radius 1 is 1.00 bits per heavy atom. The molecule has 0 aromatic heterocycles. The molecule has 0 aromatic rings. The van der Waals surface area contributed by atoms with E-state index >= 15 is 0 Å². The highest BCUT2D eigenvalue weighted by Crippen LogP contribution is 1.98. The molecule has 4 N–H and O–H groups in total. The molecular weight excluding hydrogens is 234 g/mol. The van der Waals surface area contributed by atoms with Crippen molar-refractivity contribution in [3.63, 3.8) is 0 Å². The molecule has 0 saturated carbocycles. The van der Waals surface area contributed by atoms with Crippen molar-refractivity contribution in [3.8, 4) is 0 Å². The molecular formula is C12H25N3O3. The molecule has 0 spiro atoms. The Morgan fingerprint density at radius 3 is 2.33 bits per heavy atom. The van der Waals surface area contributed by atoms with Crippen molar-refractivity contribution in [2.24, 2.45) is 5.73 Å². The molecule has 6 heteroatoms. The first-order valence-electron chi connectivity index (χ1n) is 6.43. The predicted molar refractivity (Wildman–Crippen MR) is 70.0 cm³/mol. The first-order valence-corrected chi connectivity index (χ1v) is 6.43. The second-order valence-electron chi connectivity index (χ2n) is 4.04. The molecule has 0 aromatic carbocycles. The van der Waals surface area contributed by atoms with Gasteiger partial charge in [-0.2, -0.15) is 0 Å². The van der Waals surface area contributed by atoms with Crippen LogP contribution in [0.5, 0.6) is 0 Å². The van der Waals surface area contributed by atoms with Gasteiger partial charge in [0, 0.05) is 33.0 Å². The lowest BCUT2D eigenvalue weighted by Crippen LogP contribution is -2.32. The summed E-state index contributed by atoms with van der Waals surface area (Å²) < 4.78 is 4.81. The Kier molecular flexibility index (Phi) is 11.5. The first kappa shape index (κ1) is 16.9. The molecule has 0 saturated heterocycles. The molecule has 0 heterocycles. The third-order valence-electron chi connectivity index (χ3n) is 2.41. The summed E-state index contributed by atoms with van der Waals surface area (Å²) >= 11 is 0. The van der Waals surface area contributed by atoms with Crippen LogP contribution >= 0.6 is 0 Å². The topological polar surface area (TPSA) is 93.5 Å². The van der Waals surface area contributed by atoms with Gasteiger partial charge < -0.3 is 21.1 Å². The number of nitrogens with one attached hydrogen (secondary N) is 2. The summed E-state index contributed by atoms with van der Waals surface area (Å²) in [5, 5.41) is 5.41. The Bertz CT molecular complexity index is 235. The van der Waals surface area contributed by atoms with Crippen LogP contribution in [0, 0.1) is 0 Å². The second kappa shape index (κ2) is 12.3. The number of carbonyl (C=O) groups excluding carboxylic acids is 2. The number of hydrogen-bond acceptors (Lipinski definition) is 4. The largest absolute Gasteiger partial charge is 0.383 e. The molecule has 0 aliphatic heterocycles. The number of amides is 2. The van der Waals surface area contributed by atoms with Crippen LogP contribution in [0.1, 0.15) is 32.1 Å². The zero-order valence-corrected chi connectivity index (χ0v) is 11.2. The van der Waals surface area contributed by atoms with Crippen LogP contribution in [0.3, 0.4) is 0 Å². The molecule has 0 atom stereocenters. The summed E-state index contributed by atoms with van der Waals surface area (Å²) in [4.78, 5) is 22.6. The third kappa shape index (κ3) is 11.3. The van der Waals surface area contributed by atoms with E-state index in [1.165, 1.54) is 0 Å². The Hall–Kier alpha value is -1.14. The summed E-state index contributed by atoms with van der Waals surface area (Å²) in [6.07, 6.45) is 3.59. The van der Waals surface area contributed by atoms with Gasteiger partial charge in [-0.1, -0.05) is 6.42 Å². The van der Waals surface area contributed by atoms with Gasteiger partial charge in [-0.25, -0.2) is 0 Å². The Balaban J connectivity index is 3.35. The highest BCUT2D eigenvalue weighted by Gasteiger charge is 2.03. The number of methoxy groups -OCH3 is 1. The quantitative estimate of drug-likeness (QED) is 0.447. The minimum absolute atomic E-state index is 0.00304. The fourth-order valence-corrected chi connectivity index (χ4v) is 1.39. The molecule has 106 valence electrons. The Morgan fingerprint density at radius 2 is 1.67 bits per heavy atom. The number of carbonyl (C=O) groups is 2. The predicted octanol–water partition coefficient (Wildman–Crippen LogP) is -0.226. The molecule has 0 fully saturated rings. The van der Waals surface area contributed by atoms with Gasteiger partial charge in [-0.05, 0) is 19.4 Å². The number of rotatable bonds is 11. The van der Waals surface area contributed by atoms with Crippen LogP contribution < -0.4 is 16.4 Å². The highest BCUT2D eigenvalue weighted by molar-refractivity contribution is 5.78. The Labute approximate surface area is 109 Å². The van der Waals surface area contributed by atoms with E-state index in [-0.39, 0.29) is 11.8 Å². The third-order valence-corrected chi connectivity index (χ3v) is 2.41. The first-order chi connectivity index (χ1) is 8.70. The number of ether oxygens (including phenoxy) is 1. The van der Waals surface area contributed by atoms with Crippen LogP contribution in [-0.2, 0) is 14.3 Å². The minimum Gasteiger partial charge on any atom is -0.383 e. The molecule has 0 rings (SSSR count). The second-order valence-corrected chi connectivity index (χ2v) is 4.04. The van der Waals surface area contributed by atoms with E-state index in [1.807, 2.05) is 0 Å². The van der Waals surface area contributed by atoms with E-state index in [9.17, 15) is 9.59 Å². The number of hydrogen-bond donors (Lipinski definition) is 3. The summed E-state index contributed by atoms with van der Waals surface area (Å²) in [6, 6.07) is 0. The zero-order chi connectivity index (χ0) is 13.6. The van der Waals surface area contributed by atoms with Crippen LogP contribution in [0.4, 0.5) is 0 Å². The minimum atomic E-state index is -0.0736. The van der Waals surface area contributed by atoms with E-state index in [0.29, 0.717) is 39.1 Å². The fourth-order valence-electron chi connectivity index (χ4n) is 1.39. The van der Waals surface area contributed by atoms with Gasteiger partial charge in [-0.15, -0.1) is 0 Å². The summed E-state index contributed by atoms with van der Waals surface area (Å²) in [5.74, 6) is -0.0767. The average Bonchev–Trinajstić information content (AvgIpc) is 2.35. The van der Waals surface area contributed by atoms with E-state index in [0.717, 1.165) is 19.3 Å². The molecule has 0 aliphatic carbocycles. The fraction of sp³-hybridized carbons (Fsp3) is 0.833. The average molecular weight is 259 g/mol. The van der Waals surface area contributed by atoms with Crippen molar-refractivity contribution in [3.05, 3.63) is 0 Å². The van der Waals surface area contributed by atoms with E-state index in [4.69, 9.17) is 10.5 Å². The summed E-state index contributed by atoms with van der Waals surface area (Å²) in [6.45, 7) is 2.05. The van der Waals surface area contributed by atoms with Crippen molar-refractivity contribution in [2.45, 2.75) is 32.1 Å². The van der Waals surface area contributed by atoms with Gasteiger partial charge in [0.25, 0.3) is 0 Å². The number of nitrogens with two attached hydrogens (primary N) is 1. The van der Waals surface area contributed by atoms with Crippen LogP contribution in [0.15, 0.2) is 0 Å². The van der Waals surface area contributed by atoms with Gasteiger partial charge >= 0.3 is 0 Å². The maximum absolute atomic E-state index is 11.4. The zero-order valence-electron chi connectivity index (χ0n) is 11.2. The van der Waals surface area contributed by atoms with E-state index < -0.39 is 0 Å². The lowest BCUT2D eigenvalue weighted by Gasteiger charge is -2.06. The smallest absolute Gasteiger partial charge is 0.221 e. The normalized spacial score (nSPS) is 10.1. The monoisotopic (exact) mass is 259 g/mol. The van der Waals surface area contributed by atoms with Crippen molar-refractivity contribution < 1.29 is 14.3 Å². The van der Waals surface area contributed by atoms with Crippen molar-refractivity contribution >= 4 is 11.8 Å². The van der Waals surface area contributed by atoms with E-state index in [1.54, 1.807) is 7.11 Å². The maximum Gasteiger partial charge on any atom is 0.221 e. The van der Waals surface area contributed by atoms with Gasteiger partial charge in [0.2, 0.25) is 11.8 Å². The molecule has 2 amide bonds. The maximum atomic E-state index is 11.4. The van der Waals surface area contributed by atoms with Crippen LogP contribution in [0.2, 0.25) is 0 Å². The standard InChI is InChI=1S/C12H25N3O3/c1-18-10-9-15-12(17)6-8-14-11(16)5-3-2-4-7-13/h2-10,13H2,1H3,(H,14,16)(H,15,17). The van der Waals surface area contributed by atoms with E-state index in [2.05, 4.69) is 10.6 Å². The van der Waals surface area contributed by atoms with Gasteiger partial charge in [0.05, 0.1) is 6.61 Å². The lowest BCUT2D eigenvalue weighted by molar-refractivity contribution is -0.122. The molecule has 6 nitrogen and oxygen atoms in total. The molecule has 0 radical (unpaired) electrons. The SMILES string of the molecule is COCCNC(=O)CCNC(=O)CCCCCN. The molecule has 0 aliphatic rings. The lowest BCUT2D eigenvalue weighted by atomic mass is 10.2. The van der Waals surface area contributed by atoms with Crippen molar-refractivity contribution in [2.75, 3.05) is 33.4 Å².